The number of hydrogen-bond donors (Lipinski definition) is 2. The summed E-state index contributed by atoms with van der Waals surface area (Å²) < 4.78 is 11.6. The van der Waals surface area contributed by atoms with Crippen LogP contribution >= 0.6 is 11.8 Å². The van der Waals surface area contributed by atoms with Crippen molar-refractivity contribution in [2.45, 2.75) is 17.6 Å². The molecular formula is C26H21N3O4S. The van der Waals surface area contributed by atoms with Crippen LogP contribution in [0, 0.1) is 0 Å². The van der Waals surface area contributed by atoms with Gasteiger partial charge < -0.3 is 14.6 Å². The first kappa shape index (κ1) is 20.7. The lowest BCUT2D eigenvalue weighted by atomic mass is 9.97. The molecule has 3 aliphatic heterocycles. The molecule has 3 heterocycles. The number of carbonyl (C=O) groups is 1. The van der Waals surface area contributed by atoms with Crippen LogP contribution in [0.25, 0.3) is 6.08 Å². The molecule has 7 nitrogen and oxygen atoms in total. The number of benzene rings is 3. The van der Waals surface area contributed by atoms with Gasteiger partial charge in [-0.1, -0.05) is 54.6 Å². The van der Waals surface area contributed by atoms with Crippen molar-refractivity contribution in [2.75, 3.05) is 7.11 Å². The Bertz CT molecular complexity index is 1360. The third-order valence-corrected chi connectivity index (χ3v) is 7.26. The fourth-order valence-electron chi connectivity index (χ4n) is 4.48. The minimum absolute atomic E-state index is 0.0413. The molecule has 2 N–H and O–H groups in total. The van der Waals surface area contributed by atoms with Crippen LogP contribution < -0.4 is 14.8 Å². The average molecular weight is 472 g/mol. The van der Waals surface area contributed by atoms with Gasteiger partial charge in [0.2, 0.25) is 0 Å². The number of phenolic OH excluding ortho intramolecular Hbond substituents is 1. The normalized spacial score (nSPS) is 23.9. The molecule has 0 radical (unpaired) electrons. The summed E-state index contributed by atoms with van der Waals surface area (Å²) in [7, 11) is 1.49. The van der Waals surface area contributed by atoms with E-state index in [1.54, 1.807) is 24.3 Å². The molecule has 1 amide bonds. The molecule has 34 heavy (non-hydrogen) atoms. The van der Waals surface area contributed by atoms with Crippen LogP contribution in [0.4, 0.5) is 0 Å². The van der Waals surface area contributed by atoms with Gasteiger partial charge in [-0.15, -0.1) is 0 Å². The van der Waals surface area contributed by atoms with Crippen molar-refractivity contribution in [1.82, 2.24) is 10.3 Å². The van der Waals surface area contributed by atoms with Crippen molar-refractivity contribution in [3.05, 3.63) is 94.4 Å². The SMILES string of the molecule is COc1cc(/C=C2\S[C@]3(NC2=O)Oc2ccccc2[C@H]2CC(c4ccccc4)=NN23)ccc1O. The van der Waals surface area contributed by atoms with E-state index in [4.69, 9.17) is 14.6 Å². The quantitative estimate of drug-likeness (QED) is 0.549. The Labute approximate surface area is 200 Å². The number of phenols is 1. The van der Waals surface area contributed by atoms with Gasteiger partial charge in [-0.2, -0.15) is 5.10 Å². The first-order chi connectivity index (χ1) is 16.6. The van der Waals surface area contributed by atoms with E-state index in [0.29, 0.717) is 17.1 Å². The van der Waals surface area contributed by atoms with E-state index < -0.39 is 5.18 Å². The van der Waals surface area contributed by atoms with Gasteiger partial charge in [-0.3, -0.25) is 10.1 Å². The number of nitrogens with zero attached hydrogens (tertiary/aromatic N) is 2. The fourth-order valence-corrected chi connectivity index (χ4v) is 5.65. The Balaban J connectivity index is 1.41. The second kappa shape index (κ2) is 7.85. The van der Waals surface area contributed by atoms with Crippen LogP contribution in [0.1, 0.15) is 29.2 Å². The number of fused-ring (bicyclic) bond motifs is 4. The first-order valence-corrected chi connectivity index (χ1v) is 11.7. The molecule has 1 saturated heterocycles. The number of thioether (sulfide) groups is 1. The molecule has 0 aliphatic carbocycles. The maximum atomic E-state index is 13.1. The summed E-state index contributed by atoms with van der Waals surface area (Å²) in [5, 5.41) is 18.5. The smallest absolute Gasteiger partial charge is 0.336 e. The van der Waals surface area contributed by atoms with Crippen molar-refractivity contribution >= 4 is 29.5 Å². The number of hydrazone groups is 1. The van der Waals surface area contributed by atoms with Gasteiger partial charge in [0.25, 0.3) is 5.91 Å². The highest BCUT2D eigenvalue weighted by Crippen LogP contribution is 2.53. The van der Waals surface area contributed by atoms with Gasteiger partial charge in [0.15, 0.2) is 11.5 Å². The highest BCUT2D eigenvalue weighted by atomic mass is 32.2. The third kappa shape index (κ3) is 3.30. The number of rotatable bonds is 3. The van der Waals surface area contributed by atoms with Crippen molar-refractivity contribution in [3.8, 4) is 17.2 Å². The molecule has 2 atom stereocenters. The third-order valence-electron chi connectivity index (χ3n) is 6.09. The van der Waals surface area contributed by atoms with E-state index in [1.807, 2.05) is 59.6 Å². The Morgan fingerprint density at radius 2 is 1.97 bits per heavy atom. The monoisotopic (exact) mass is 471 g/mol. The molecule has 1 spiro atoms. The van der Waals surface area contributed by atoms with Crippen LogP contribution in [0.3, 0.4) is 0 Å². The van der Waals surface area contributed by atoms with Crippen LogP contribution in [0.2, 0.25) is 0 Å². The molecule has 0 aromatic heterocycles. The Kier molecular flexibility index (Phi) is 4.77. The average Bonchev–Trinajstić information content (AvgIpc) is 3.44. The number of para-hydroxylation sites is 1. The van der Waals surface area contributed by atoms with Crippen molar-refractivity contribution in [1.29, 1.82) is 0 Å². The molecule has 0 bridgehead atoms. The van der Waals surface area contributed by atoms with Crippen molar-refractivity contribution in [3.63, 3.8) is 0 Å². The number of aromatic hydroxyl groups is 1. The lowest BCUT2D eigenvalue weighted by Crippen LogP contribution is -2.58. The fraction of sp³-hybridized carbons (Fsp3) is 0.154. The summed E-state index contributed by atoms with van der Waals surface area (Å²) in [6.45, 7) is 0. The zero-order valence-electron chi connectivity index (χ0n) is 18.3. The minimum atomic E-state index is -1.19. The Hall–Kier alpha value is -3.91. The van der Waals surface area contributed by atoms with Crippen molar-refractivity contribution < 1.29 is 19.4 Å². The van der Waals surface area contributed by atoms with Gasteiger partial charge in [0.05, 0.1) is 23.8 Å². The highest BCUT2D eigenvalue weighted by molar-refractivity contribution is 8.05. The number of amides is 1. The molecule has 0 saturated carbocycles. The highest BCUT2D eigenvalue weighted by Gasteiger charge is 2.57. The van der Waals surface area contributed by atoms with E-state index in [2.05, 4.69) is 5.32 Å². The Morgan fingerprint density at radius 1 is 1.18 bits per heavy atom. The number of nitrogens with one attached hydrogen (secondary N) is 1. The standard InChI is InChI=1S/C26H21N3O4S/c1-32-23-13-16(11-12-21(23)30)14-24-25(31)27-26(34-24)29-20(18-9-5-6-10-22(18)33-26)15-19(28-29)17-7-3-2-4-8-17/h2-14,20,30H,15H2,1H3,(H,27,31)/b24-14-/t20-,26+/m1/s1. The van der Waals surface area contributed by atoms with Gasteiger partial charge in [-0.05, 0) is 47.2 Å². The topological polar surface area (TPSA) is 83.4 Å². The van der Waals surface area contributed by atoms with Crippen LogP contribution in [0.15, 0.2) is 82.8 Å². The second-order valence-corrected chi connectivity index (χ2v) is 9.39. The van der Waals surface area contributed by atoms with Gasteiger partial charge in [0, 0.05) is 12.0 Å². The summed E-state index contributed by atoms with van der Waals surface area (Å²) in [4.78, 5) is 13.6. The van der Waals surface area contributed by atoms with Gasteiger partial charge >= 0.3 is 5.18 Å². The molecule has 8 heteroatoms. The Morgan fingerprint density at radius 3 is 2.79 bits per heavy atom. The number of ether oxygens (including phenoxy) is 2. The summed E-state index contributed by atoms with van der Waals surface area (Å²) in [6, 6.07) is 22.8. The van der Waals surface area contributed by atoms with E-state index in [-0.39, 0.29) is 17.7 Å². The molecule has 0 unspecified atom stereocenters. The van der Waals surface area contributed by atoms with Gasteiger partial charge in [-0.25, -0.2) is 5.01 Å². The number of carbonyl (C=O) groups excluding carboxylic acids is 1. The summed E-state index contributed by atoms with van der Waals surface area (Å²) in [5.74, 6) is 0.860. The molecule has 3 aliphatic rings. The summed E-state index contributed by atoms with van der Waals surface area (Å²) >= 11 is 1.29. The van der Waals surface area contributed by atoms with Crippen LogP contribution in [-0.2, 0) is 4.79 Å². The maximum Gasteiger partial charge on any atom is 0.336 e. The molecular weight excluding hydrogens is 450 g/mol. The van der Waals surface area contributed by atoms with Crippen LogP contribution in [-0.4, -0.2) is 34.0 Å². The maximum absolute atomic E-state index is 13.1. The molecule has 170 valence electrons. The molecule has 3 aromatic carbocycles. The van der Waals surface area contributed by atoms with E-state index >= 15 is 0 Å². The first-order valence-electron chi connectivity index (χ1n) is 10.9. The largest absolute Gasteiger partial charge is 0.504 e. The summed E-state index contributed by atoms with van der Waals surface area (Å²) in [5.41, 5.74) is 3.76. The van der Waals surface area contributed by atoms with E-state index in [1.165, 1.54) is 18.9 Å². The molecule has 1 fully saturated rings. The number of hydrogen-bond acceptors (Lipinski definition) is 7. The minimum Gasteiger partial charge on any atom is -0.504 e. The second-order valence-electron chi connectivity index (χ2n) is 8.19. The van der Waals surface area contributed by atoms with E-state index in [9.17, 15) is 9.90 Å². The zero-order valence-corrected chi connectivity index (χ0v) is 19.1. The van der Waals surface area contributed by atoms with E-state index in [0.717, 1.165) is 28.2 Å². The predicted molar refractivity (Wildman–Crippen MR) is 130 cm³/mol. The molecule has 6 rings (SSSR count). The lowest BCUT2D eigenvalue weighted by Gasteiger charge is -2.43. The van der Waals surface area contributed by atoms with Crippen molar-refractivity contribution in [2.24, 2.45) is 5.10 Å². The predicted octanol–water partition coefficient (Wildman–Crippen LogP) is 4.46. The number of methoxy groups -OCH3 is 1. The summed E-state index contributed by atoms with van der Waals surface area (Å²) in [6.07, 6.45) is 2.46. The van der Waals surface area contributed by atoms with Crippen LogP contribution in [0.5, 0.6) is 17.2 Å². The lowest BCUT2D eigenvalue weighted by molar-refractivity contribution is -0.127. The van der Waals surface area contributed by atoms with Gasteiger partial charge in [0.1, 0.15) is 5.75 Å². The molecule has 3 aromatic rings. The zero-order chi connectivity index (χ0) is 23.3.